The summed E-state index contributed by atoms with van der Waals surface area (Å²) in [4.78, 5) is 10.9. The monoisotopic (exact) mass is 289 g/mol. The number of carboxylic acid groups (broad SMARTS) is 1. The molecule has 1 N–H and O–H groups in total. The molecule has 0 aromatic heterocycles. The van der Waals surface area contributed by atoms with Crippen LogP contribution in [0.1, 0.15) is 22.8 Å². The van der Waals surface area contributed by atoms with Crippen LogP contribution in [0, 0.1) is 11.6 Å². The van der Waals surface area contributed by atoms with Crippen molar-refractivity contribution >= 4 is 17.4 Å². The van der Waals surface area contributed by atoms with E-state index < -0.39 is 17.6 Å². The molecule has 0 saturated carbocycles. The fraction of sp³-hybridized carbons (Fsp3) is 0.0667. The lowest BCUT2D eigenvalue weighted by Gasteiger charge is -2.10. The smallest absolute Gasteiger partial charge is 0.159 e. The maximum absolute atomic E-state index is 13.1. The van der Waals surface area contributed by atoms with E-state index in [0.717, 1.165) is 12.1 Å². The average molecular weight is 289 g/mol. The molecule has 0 aliphatic carbocycles. The number of aromatic carboxylic acids is 1. The molecule has 0 fully saturated rings. The molecule has 0 saturated heterocycles. The van der Waals surface area contributed by atoms with E-state index >= 15 is 0 Å². The van der Waals surface area contributed by atoms with E-state index in [2.05, 4.69) is 10.5 Å². The molecule has 0 amide bonds. The number of anilines is 1. The van der Waals surface area contributed by atoms with Crippen molar-refractivity contribution in [3.8, 4) is 0 Å². The fourth-order valence-corrected chi connectivity index (χ4v) is 1.69. The summed E-state index contributed by atoms with van der Waals surface area (Å²) < 4.78 is 26.0. The van der Waals surface area contributed by atoms with Crippen LogP contribution in [0.25, 0.3) is 0 Å². The Hall–Kier alpha value is -2.76. The predicted octanol–water partition coefficient (Wildman–Crippen LogP) is 2.16. The van der Waals surface area contributed by atoms with Gasteiger partial charge in [0.25, 0.3) is 0 Å². The van der Waals surface area contributed by atoms with Gasteiger partial charge in [-0.25, -0.2) is 8.78 Å². The zero-order chi connectivity index (χ0) is 15.4. The third kappa shape index (κ3) is 3.42. The molecule has 0 aliphatic heterocycles. The first-order valence-corrected chi connectivity index (χ1v) is 6.05. The number of carbonyl (C=O) groups excluding carboxylic acids is 1. The summed E-state index contributed by atoms with van der Waals surface area (Å²) in [6.07, 6.45) is 0. The number of nitrogens with zero attached hydrogens (tertiary/aromatic N) is 1. The maximum Gasteiger partial charge on any atom is 0.159 e. The van der Waals surface area contributed by atoms with Crippen LogP contribution in [-0.2, 0) is 0 Å². The molecule has 108 valence electrons. The highest BCUT2D eigenvalue weighted by Crippen LogP contribution is 2.15. The van der Waals surface area contributed by atoms with Crippen LogP contribution in [0.5, 0.6) is 0 Å². The normalized spacial score (nSPS) is 11.3. The Balaban J connectivity index is 2.24. The van der Waals surface area contributed by atoms with Gasteiger partial charge in [0.2, 0.25) is 0 Å². The fourth-order valence-electron chi connectivity index (χ4n) is 1.69. The Bertz CT molecular complexity index is 715. The number of nitrogens with one attached hydrogen (secondary N) is 1. The molecular weight excluding hydrogens is 278 g/mol. The van der Waals surface area contributed by atoms with Gasteiger partial charge in [0.1, 0.15) is 0 Å². The number of hydrogen-bond donors (Lipinski definition) is 1. The number of halogens is 2. The highest BCUT2D eigenvalue weighted by Gasteiger charge is 2.05. The standard InChI is InChI=1S/C15H12F2N2O2/c1-9(10-6-7-12(16)13(17)8-10)18-19-14-5-3-2-4-11(14)15(20)21/h2-8,19H,1H3,(H,20,21)/p-1/b18-9+. The molecule has 21 heavy (non-hydrogen) atoms. The van der Waals surface area contributed by atoms with Crippen LogP contribution in [-0.4, -0.2) is 11.7 Å². The highest BCUT2D eigenvalue weighted by molar-refractivity contribution is 5.99. The quantitative estimate of drug-likeness (QED) is 0.693. The van der Waals surface area contributed by atoms with Gasteiger partial charge in [-0.2, -0.15) is 5.10 Å². The van der Waals surface area contributed by atoms with Crippen molar-refractivity contribution in [3.05, 3.63) is 65.2 Å². The molecule has 0 unspecified atom stereocenters. The van der Waals surface area contributed by atoms with Gasteiger partial charge in [-0.15, -0.1) is 0 Å². The van der Waals surface area contributed by atoms with Crippen LogP contribution in [0.4, 0.5) is 14.5 Å². The Morgan fingerprint density at radius 3 is 2.52 bits per heavy atom. The second-order valence-corrected chi connectivity index (χ2v) is 4.27. The van der Waals surface area contributed by atoms with Gasteiger partial charge in [-0.05, 0) is 31.2 Å². The average Bonchev–Trinajstić information content (AvgIpc) is 2.47. The number of benzene rings is 2. The van der Waals surface area contributed by atoms with Crippen molar-refractivity contribution in [2.24, 2.45) is 5.10 Å². The second-order valence-electron chi connectivity index (χ2n) is 4.27. The van der Waals surface area contributed by atoms with E-state index in [1.165, 1.54) is 18.2 Å². The van der Waals surface area contributed by atoms with Gasteiger partial charge in [0, 0.05) is 11.1 Å². The molecule has 2 aromatic rings. The Morgan fingerprint density at radius 2 is 1.86 bits per heavy atom. The summed E-state index contributed by atoms with van der Waals surface area (Å²) in [6.45, 7) is 1.58. The SMILES string of the molecule is C/C(=N\Nc1ccccc1C(=O)[O-])c1ccc(F)c(F)c1. The van der Waals surface area contributed by atoms with E-state index in [0.29, 0.717) is 11.3 Å². The van der Waals surface area contributed by atoms with Gasteiger partial charge < -0.3 is 9.90 Å². The lowest BCUT2D eigenvalue weighted by molar-refractivity contribution is -0.254. The number of carboxylic acids is 1. The summed E-state index contributed by atoms with van der Waals surface area (Å²) in [5.74, 6) is -3.25. The summed E-state index contributed by atoms with van der Waals surface area (Å²) in [5.41, 5.74) is 3.54. The minimum atomic E-state index is -1.33. The molecule has 0 aliphatic rings. The molecule has 0 bridgehead atoms. The molecule has 4 nitrogen and oxygen atoms in total. The van der Waals surface area contributed by atoms with Gasteiger partial charge in [-0.3, -0.25) is 5.43 Å². The van der Waals surface area contributed by atoms with Gasteiger partial charge in [0.05, 0.1) is 17.4 Å². The Labute approximate surface area is 119 Å². The highest BCUT2D eigenvalue weighted by atomic mass is 19.2. The Morgan fingerprint density at radius 1 is 1.14 bits per heavy atom. The van der Waals surface area contributed by atoms with Crippen LogP contribution in [0.3, 0.4) is 0 Å². The van der Waals surface area contributed by atoms with Crippen LogP contribution < -0.4 is 10.5 Å². The lowest BCUT2D eigenvalue weighted by atomic mass is 10.1. The third-order valence-electron chi connectivity index (χ3n) is 2.83. The zero-order valence-electron chi connectivity index (χ0n) is 11.1. The van der Waals surface area contributed by atoms with E-state index in [1.54, 1.807) is 19.1 Å². The van der Waals surface area contributed by atoms with Crippen molar-refractivity contribution < 1.29 is 18.7 Å². The number of hydrazone groups is 1. The molecule has 0 spiro atoms. The van der Waals surface area contributed by atoms with E-state index in [9.17, 15) is 18.7 Å². The molecule has 0 radical (unpaired) electrons. The summed E-state index contributed by atoms with van der Waals surface area (Å²) in [5, 5.41) is 14.9. The first-order chi connectivity index (χ1) is 9.99. The lowest BCUT2D eigenvalue weighted by Crippen LogP contribution is -2.23. The maximum atomic E-state index is 13.1. The Kier molecular flexibility index (Phi) is 4.27. The van der Waals surface area contributed by atoms with E-state index in [4.69, 9.17) is 0 Å². The molecular formula is C15H11F2N2O2-. The number of rotatable bonds is 4. The molecule has 0 heterocycles. The van der Waals surface area contributed by atoms with E-state index in [-0.39, 0.29) is 11.3 Å². The van der Waals surface area contributed by atoms with Crippen molar-refractivity contribution in [1.29, 1.82) is 0 Å². The molecule has 2 rings (SSSR count). The van der Waals surface area contributed by atoms with Gasteiger partial charge in [0.15, 0.2) is 11.6 Å². The van der Waals surface area contributed by atoms with Crippen LogP contribution >= 0.6 is 0 Å². The first kappa shape index (κ1) is 14.6. The predicted molar refractivity (Wildman–Crippen MR) is 73.0 cm³/mol. The van der Waals surface area contributed by atoms with Crippen molar-refractivity contribution in [2.45, 2.75) is 6.92 Å². The summed E-state index contributed by atoms with van der Waals surface area (Å²) in [7, 11) is 0. The number of para-hydroxylation sites is 1. The largest absolute Gasteiger partial charge is 0.545 e. The summed E-state index contributed by atoms with van der Waals surface area (Å²) in [6, 6.07) is 9.48. The number of hydrogen-bond acceptors (Lipinski definition) is 4. The van der Waals surface area contributed by atoms with Crippen molar-refractivity contribution in [1.82, 2.24) is 0 Å². The van der Waals surface area contributed by atoms with Gasteiger partial charge in [-0.1, -0.05) is 18.2 Å². The van der Waals surface area contributed by atoms with Crippen molar-refractivity contribution in [2.75, 3.05) is 5.43 Å². The first-order valence-electron chi connectivity index (χ1n) is 6.05. The zero-order valence-corrected chi connectivity index (χ0v) is 11.1. The topological polar surface area (TPSA) is 64.5 Å². The third-order valence-corrected chi connectivity index (χ3v) is 2.83. The summed E-state index contributed by atoms with van der Waals surface area (Å²) >= 11 is 0. The minimum absolute atomic E-state index is 0.0423. The molecule has 2 aromatic carbocycles. The molecule has 0 atom stereocenters. The number of carbonyl (C=O) groups is 1. The van der Waals surface area contributed by atoms with E-state index in [1.807, 2.05) is 0 Å². The van der Waals surface area contributed by atoms with Crippen molar-refractivity contribution in [3.63, 3.8) is 0 Å². The van der Waals surface area contributed by atoms with Crippen LogP contribution in [0.15, 0.2) is 47.6 Å². The second kappa shape index (κ2) is 6.13. The van der Waals surface area contributed by atoms with Crippen LogP contribution in [0.2, 0.25) is 0 Å². The molecule has 6 heteroatoms. The van der Waals surface area contributed by atoms with Gasteiger partial charge >= 0.3 is 0 Å². The minimum Gasteiger partial charge on any atom is -0.545 e.